The molecule has 2 aromatic rings. The Balaban J connectivity index is 0.00000450. The maximum absolute atomic E-state index is 13.3. The molecule has 0 spiro atoms. The van der Waals surface area contributed by atoms with Gasteiger partial charge in [0.25, 0.3) is 0 Å². The van der Waals surface area contributed by atoms with Crippen LogP contribution < -0.4 is 10.0 Å². The number of alkyl halides is 6. The summed E-state index contributed by atoms with van der Waals surface area (Å²) in [4.78, 5) is 12.6. The second-order valence-electron chi connectivity index (χ2n) is 6.08. The summed E-state index contributed by atoms with van der Waals surface area (Å²) < 4.78 is 89.9. The first kappa shape index (κ1) is 26.5. The van der Waals surface area contributed by atoms with Gasteiger partial charge in [0, 0.05) is 31.5 Å². The molecular formula is C19H17F6LiO3P. The number of rotatable bonds is 6. The van der Waals surface area contributed by atoms with Gasteiger partial charge in [0.1, 0.15) is 5.75 Å². The van der Waals surface area contributed by atoms with Gasteiger partial charge in [-0.3, -0.25) is 4.79 Å². The Hall–Kier alpha value is -1.52. The topological polar surface area (TPSA) is 35.5 Å². The third-order valence-corrected chi connectivity index (χ3v) is 5.29. The Labute approximate surface area is 183 Å². The number of aryl methyl sites for hydroxylation is 1. The minimum absolute atomic E-state index is 0. The van der Waals surface area contributed by atoms with Crippen molar-refractivity contribution < 1.29 is 40.6 Å². The molecule has 0 aliphatic rings. The number of methoxy groups -OCH3 is 1. The predicted molar refractivity (Wildman–Crippen MR) is 103 cm³/mol. The van der Waals surface area contributed by atoms with Crippen LogP contribution in [0.25, 0.3) is 0 Å². The van der Waals surface area contributed by atoms with Gasteiger partial charge in [-0.15, -0.1) is 0 Å². The zero-order chi connectivity index (χ0) is 22.0. The SMILES string of the molecule is COC(C)Oc1ccc(PC(=O)c2c(C(F)(F)F)cccc2C(F)(F)F)c(C)c1.[Li]. The van der Waals surface area contributed by atoms with Crippen molar-refractivity contribution in [3.8, 4) is 5.75 Å². The van der Waals surface area contributed by atoms with Crippen LogP contribution in [0.1, 0.15) is 34.0 Å². The third-order valence-electron chi connectivity index (χ3n) is 3.98. The number of hydrogen-bond acceptors (Lipinski definition) is 3. The van der Waals surface area contributed by atoms with Crippen molar-refractivity contribution in [1.82, 2.24) is 0 Å². The molecule has 0 aliphatic carbocycles. The van der Waals surface area contributed by atoms with Gasteiger partial charge in [0.2, 0.25) is 0 Å². The molecule has 0 amide bonds. The van der Waals surface area contributed by atoms with E-state index in [9.17, 15) is 31.1 Å². The first-order chi connectivity index (χ1) is 13.3. The van der Waals surface area contributed by atoms with Crippen molar-refractivity contribution in [2.45, 2.75) is 32.5 Å². The van der Waals surface area contributed by atoms with Crippen molar-refractivity contribution in [3.63, 3.8) is 0 Å². The number of hydrogen-bond donors (Lipinski definition) is 0. The quantitative estimate of drug-likeness (QED) is 0.267. The van der Waals surface area contributed by atoms with Gasteiger partial charge in [-0.05, 0) is 57.6 Å². The second kappa shape index (κ2) is 10.2. The Kier molecular flexibility index (Phi) is 9.01. The number of halogens is 6. The standard InChI is InChI=1S/C19H17F6O3P.Li/c1-10-9-12(28-11(2)27-3)7-8-15(10)29-17(26)16-13(18(20,21)22)5-4-6-14(16)19(23,24)25;/h4-9,11,29H,1-3H3;. The zero-order valence-electron chi connectivity index (χ0n) is 16.5. The maximum atomic E-state index is 13.3. The fraction of sp³-hybridized carbons (Fsp3) is 0.316. The monoisotopic (exact) mass is 445 g/mol. The van der Waals surface area contributed by atoms with Crippen LogP contribution in [-0.2, 0) is 17.1 Å². The molecule has 0 saturated carbocycles. The normalized spacial score (nSPS) is 13.2. The van der Waals surface area contributed by atoms with Gasteiger partial charge >= 0.3 is 12.4 Å². The molecule has 2 unspecified atom stereocenters. The Morgan fingerprint density at radius 1 is 1.00 bits per heavy atom. The fourth-order valence-corrected chi connectivity index (χ4v) is 3.62. The minimum Gasteiger partial charge on any atom is -0.465 e. The van der Waals surface area contributed by atoms with Crippen LogP contribution in [0.15, 0.2) is 36.4 Å². The van der Waals surface area contributed by atoms with Gasteiger partial charge in [-0.1, -0.05) is 12.1 Å². The summed E-state index contributed by atoms with van der Waals surface area (Å²) in [5.74, 6) is 0.393. The van der Waals surface area contributed by atoms with Crippen molar-refractivity contribution in [1.29, 1.82) is 0 Å². The first-order valence-electron chi connectivity index (χ1n) is 8.23. The number of benzene rings is 2. The van der Waals surface area contributed by atoms with Crippen LogP contribution in [0.3, 0.4) is 0 Å². The molecule has 0 fully saturated rings. The molecule has 0 aromatic heterocycles. The van der Waals surface area contributed by atoms with Gasteiger partial charge < -0.3 is 9.47 Å². The predicted octanol–water partition coefficient (Wildman–Crippen LogP) is 5.17. The van der Waals surface area contributed by atoms with E-state index in [-0.39, 0.29) is 18.9 Å². The summed E-state index contributed by atoms with van der Waals surface area (Å²) in [6.45, 7) is 3.22. The smallest absolute Gasteiger partial charge is 0.417 e. The molecule has 0 aliphatic heterocycles. The van der Waals surface area contributed by atoms with Crippen molar-refractivity contribution in [3.05, 3.63) is 58.7 Å². The molecule has 0 heterocycles. The molecular weight excluding hydrogens is 428 g/mol. The summed E-state index contributed by atoms with van der Waals surface area (Å²) in [6, 6.07) is 6.03. The van der Waals surface area contributed by atoms with Crippen LogP contribution in [0.4, 0.5) is 26.3 Å². The van der Waals surface area contributed by atoms with Crippen molar-refractivity contribution in [2.75, 3.05) is 7.11 Å². The zero-order valence-corrected chi connectivity index (χ0v) is 17.5. The van der Waals surface area contributed by atoms with Crippen LogP contribution in [0.5, 0.6) is 5.75 Å². The number of ether oxygens (including phenoxy) is 2. The number of carbonyl (C=O) groups is 1. The van der Waals surface area contributed by atoms with E-state index in [1.165, 1.54) is 25.3 Å². The third kappa shape index (κ3) is 6.49. The van der Waals surface area contributed by atoms with E-state index in [1.54, 1.807) is 13.8 Å². The summed E-state index contributed by atoms with van der Waals surface area (Å²) >= 11 is 0. The van der Waals surface area contributed by atoms with Crippen LogP contribution >= 0.6 is 8.58 Å². The minimum atomic E-state index is -5.10. The van der Waals surface area contributed by atoms with E-state index in [2.05, 4.69) is 0 Å². The summed E-state index contributed by atoms with van der Waals surface area (Å²) in [5.41, 5.74) is -5.31. The average molecular weight is 445 g/mol. The average Bonchev–Trinajstić information content (AvgIpc) is 2.61. The number of carbonyl (C=O) groups excluding carboxylic acids is 1. The molecule has 30 heavy (non-hydrogen) atoms. The molecule has 0 saturated heterocycles. The summed E-state index contributed by atoms with van der Waals surface area (Å²) in [7, 11) is 0.505. The van der Waals surface area contributed by atoms with Gasteiger partial charge in [-0.25, -0.2) is 0 Å². The van der Waals surface area contributed by atoms with Gasteiger partial charge in [-0.2, -0.15) is 26.3 Å². The van der Waals surface area contributed by atoms with Crippen LogP contribution in [0, 0.1) is 6.92 Å². The van der Waals surface area contributed by atoms with E-state index >= 15 is 0 Å². The molecule has 3 nitrogen and oxygen atoms in total. The van der Waals surface area contributed by atoms with Gasteiger partial charge in [0.05, 0.1) is 11.1 Å². The van der Waals surface area contributed by atoms with Crippen molar-refractivity contribution in [2.24, 2.45) is 0 Å². The van der Waals surface area contributed by atoms with E-state index in [0.717, 1.165) is 0 Å². The van der Waals surface area contributed by atoms with E-state index in [0.29, 0.717) is 34.8 Å². The first-order valence-corrected chi connectivity index (χ1v) is 9.23. The Morgan fingerprint density at radius 2 is 1.53 bits per heavy atom. The molecule has 2 atom stereocenters. The molecule has 2 aromatic carbocycles. The molecule has 159 valence electrons. The fourth-order valence-electron chi connectivity index (χ4n) is 2.54. The summed E-state index contributed by atoms with van der Waals surface area (Å²) in [5, 5.41) is 0.317. The largest absolute Gasteiger partial charge is 0.465 e. The Bertz CT molecular complexity index is 867. The molecule has 0 N–H and O–H groups in total. The molecule has 2 rings (SSSR count). The van der Waals surface area contributed by atoms with Crippen LogP contribution in [-0.4, -0.2) is 37.8 Å². The van der Waals surface area contributed by atoms with Crippen molar-refractivity contribution >= 4 is 38.3 Å². The summed E-state index contributed by atoms with van der Waals surface area (Å²) in [6.07, 6.45) is -10.8. The Morgan fingerprint density at radius 3 is 1.97 bits per heavy atom. The second-order valence-corrected chi connectivity index (χ2v) is 7.32. The van der Waals surface area contributed by atoms with Gasteiger partial charge in [0.15, 0.2) is 11.8 Å². The van der Waals surface area contributed by atoms with E-state index < -0.39 is 49.4 Å². The van der Waals surface area contributed by atoms with E-state index in [4.69, 9.17) is 9.47 Å². The van der Waals surface area contributed by atoms with E-state index in [1.807, 2.05) is 0 Å². The molecule has 11 heteroatoms. The van der Waals surface area contributed by atoms with Crippen LogP contribution in [0.2, 0.25) is 0 Å². The molecule has 0 bridgehead atoms. The maximum Gasteiger partial charge on any atom is 0.417 e. The molecule has 1 radical (unpaired) electrons.